The van der Waals surface area contributed by atoms with Crippen molar-refractivity contribution in [3.05, 3.63) is 35.2 Å². The zero-order valence-electron chi connectivity index (χ0n) is 20.2. The number of carbonyl (C=O) groups excluding carboxylic acids is 2. The highest BCUT2D eigenvalue weighted by atomic mass is 32.1. The van der Waals surface area contributed by atoms with Crippen LogP contribution in [0.25, 0.3) is 21.7 Å². The molecule has 0 spiro atoms. The SMILES string of the molecule is COc1ccc(C(=O)CCCN2CCN(C(=O)OC(C)(C)C)CC2)c2nc(-c3cccs3)[nH]c12. The highest BCUT2D eigenvalue weighted by Crippen LogP contribution is 2.32. The number of benzene rings is 1. The maximum atomic E-state index is 13.1. The molecule has 0 aliphatic carbocycles. The molecule has 0 radical (unpaired) electrons. The van der Waals surface area contributed by atoms with E-state index in [1.165, 1.54) is 0 Å². The van der Waals surface area contributed by atoms with Crippen LogP contribution in [-0.2, 0) is 4.74 Å². The Morgan fingerprint density at radius 2 is 1.91 bits per heavy atom. The van der Waals surface area contributed by atoms with Crippen molar-refractivity contribution in [1.29, 1.82) is 0 Å². The summed E-state index contributed by atoms with van der Waals surface area (Å²) in [4.78, 5) is 38.4. The number of hydrogen-bond acceptors (Lipinski definition) is 7. The summed E-state index contributed by atoms with van der Waals surface area (Å²) >= 11 is 1.60. The summed E-state index contributed by atoms with van der Waals surface area (Å²) in [5.74, 6) is 1.49. The first-order valence-electron chi connectivity index (χ1n) is 11.6. The van der Waals surface area contributed by atoms with Gasteiger partial charge in [0.25, 0.3) is 0 Å². The molecule has 4 rings (SSSR count). The smallest absolute Gasteiger partial charge is 0.410 e. The number of rotatable bonds is 7. The number of Topliss-reactive ketones (excluding diaryl/α,β-unsaturated/α-hetero) is 1. The van der Waals surface area contributed by atoms with Gasteiger partial charge in [-0.05, 0) is 57.3 Å². The molecule has 3 aromatic rings. The quantitative estimate of drug-likeness (QED) is 0.484. The summed E-state index contributed by atoms with van der Waals surface area (Å²) in [6.07, 6.45) is 0.933. The number of fused-ring (bicyclic) bond motifs is 1. The van der Waals surface area contributed by atoms with Gasteiger partial charge in [0.15, 0.2) is 5.78 Å². The summed E-state index contributed by atoms with van der Waals surface area (Å²) in [5, 5.41) is 2.00. The number of nitrogens with zero attached hydrogens (tertiary/aromatic N) is 3. The Morgan fingerprint density at radius 1 is 1.15 bits per heavy atom. The van der Waals surface area contributed by atoms with Crippen molar-refractivity contribution in [3.63, 3.8) is 0 Å². The summed E-state index contributed by atoms with van der Waals surface area (Å²) in [5.41, 5.74) is 1.53. The molecular weight excluding hydrogens is 452 g/mol. The van der Waals surface area contributed by atoms with Crippen molar-refractivity contribution in [3.8, 4) is 16.5 Å². The highest BCUT2D eigenvalue weighted by Gasteiger charge is 2.26. The van der Waals surface area contributed by atoms with Crippen LogP contribution in [0.4, 0.5) is 4.79 Å². The van der Waals surface area contributed by atoms with Gasteiger partial charge >= 0.3 is 6.09 Å². The average molecular weight is 485 g/mol. The van der Waals surface area contributed by atoms with Gasteiger partial charge in [0, 0.05) is 38.2 Å². The second kappa shape index (κ2) is 10.1. The van der Waals surface area contributed by atoms with Crippen molar-refractivity contribution in [2.45, 2.75) is 39.2 Å². The molecule has 1 saturated heterocycles. The fourth-order valence-corrected chi connectivity index (χ4v) is 4.74. The van der Waals surface area contributed by atoms with E-state index in [1.54, 1.807) is 23.3 Å². The highest BCUT2D eigenvalue weighted by molar-refractivity contribution is 7.13. The third-order valence-electron chi connectivity index (χ3n) is 5.78. The molecule has 8 nitrogen and oxygen atoms in total. The lowest BCUT2D eigenvalue weighted by Gasteiger charge is -2.35. The number of aromatic nitrogens is 2. The molecule has 0 unspecified atom stereocenters. The number of thiophene rings is 1. The van der Waals surface area contributed by atoms with Crippen LogP contribution < -0.4 is 4.74 Å². The number of piperazine rings is 1. The number of hydrogen-bond donors (Lipinski definition) is 1. The van der Waals surface area contributed by atoms with E-state index in [0.717, 1.165) is 42.3 Å². The van der Waals surface area contributed by atoms with Crippen molar-refractivity contribution >= 4 is 34.2 Å². The Morgan fingerprint density at radius 3 is 2.56 bits per heavy atom. The van der Waals surface area contributed by atoms with Crippen molar-refractivity contribution in [2.75, 3.05) is 39.8 Å². The second-order valence-electron chi connectivity index (χ2n) is 9.44. The maximum Gasteiger partial charge on any atom is 0.410 e. The van der Waals surface area contributed by atoms with Crippen LogP contribution in [0.3, 0.4) is 0 Å². The van der Waals surface area contributed by atoms with E-state index in [1.807, 2.05) is 50.4 Å². The van der Waals surface area contributed by atoms with Gasteiger partial charge in [-0.3, -0.25) is 9.69 Å². The topological polar surface area (TPSA) is 87.8 Å². The van der Waals surface area contributed by atoms with E-state index in [-0.39, 0.29) is 11.9 Å². The van der Waals surface area contributed by atoms with Gasteiger partial charge in [0.1, 0.15) is 28.2 Å². The van der Waals surface area contributed by atoms with Gasteiger partial charge in [-0.15, -0.1) is 11.3 Å². The molecule has 2 aromatic heterocycles. The monoisotopic (exact) mass is 484 g/mol. The van der Waals surface area contributed by atoms with Crippen molar-refractivity contribution in [2.24, 2.45) is 0 Å². The third-order valence-corrected chi connectivity index (χ3v) is 6.66. The molecule has 0 atom stereocenters. The van der Waals surface area contributed by atoms with Gasteiger partial charge in [-0.1, -0.05) is 6.07 Å². The fraction of sp³-hybridized carbons (Fsp3) is 0.480. The number of ketones is 1. The molecule has 182 valence electrons. The zero-order chi connectivity index (χ0) is 24.3. The van der Waals surface area contributed by atoms with Gasteiger partial charge in [-0.2, -0.15) is 0 Å². The molecule has 9 heteroatoms. The van der Waals surface area contributed by atoms with E-state index < -0.39 is 5.60 Å². The largest absolute Gasteiger partial charge is 0.494 e. The van der Waals surface area contributed by atoms with E-state index in [4.69, 9.17) is 14.5 Å². The first-order chi connectivity index (χ1) is 16.2. The molecule has 1 aliphatic rings. The normalized spacial score (nSPS) is 15.0. The molecule has 1 aromatic carbocycles. The predicted molar refractivity (Wildman–Crippen MR) is 134 cm³/mol. The molecule has 1 N–H and O–H groups in total. The van der Waals surface area contributed by atoms with Crippen LogP contribution in [0.5, 0.6) is 5.75 Å². The molecule has 34 heavy (non-hydrogen) atoms. The first-order valence-corrected chi connectivity index (χ1v) is 12.5. The second-order valence-corrected chi connectivity index (χ2v) is 10.4. The minimum atomic E-state index is -0.486. The third kappa shape index (κ3) is 5.59. The molecule has 0 bridgehead atoms. The Labute approximate surface area is 203 Å². The minimum absolute atomic E-state index is 0.0734. The standard InChI is InChI=1S/C25H32N4O4S/c1-25(2,3)33-24(31)29-14-12-28(13-15-29)11-5-7-18(30)17-9-10-19(32-4)22-21(17)26-23(27-22)20-8-6-16-34-20/h6,8-10,16H,5,7,11-15H2,1-4H3,(H,26,27). The summed E-state index contributed by atoms with van der Waals surface area (Å²) in [6.45, 7) is 9.28. The fourth-order valence-electron chi connectivity index (χ4n) is 4.07. The Kier molecular flexibility index (Phi) is 7.23. The van der Waals surface area contributed by atoms with Crippen LogP contribution in [0.1, 0.15) is 44.0 Å². The summed E-state index contributed by atoms with van der Waals surface area (Å²) < 4.78 is 10.9. The molecular formula is C25H32N4O4S. The molecule has 1 fully saturated rings. The predicted octanol–water partition coefficient (Wildman–Crippen LogP) is 4.82. The first kappa shape index (κ1) is 24.2. The van der Waals surface area contributed by atoms with Crippen LogP contribution in [-0.4, -0.2) is 77.1 Å². The molecule has 1 amide bonds. The van der Waals surface area contributed by atoms with Gasteiger partial charge < -0.3 is 19.4 Å². The molecule has 3 heterocycles. The number of amides is 1. The van der Waals surface area contributed by atoms with Crippen LogP contribution in [0.15, 0.2) is 29.6 Å². The molecule has 0 saturated carbocycles. The minimum Gasteiger partial charge on any atom is -0.494 e. The number of carbonyl (C=O) groups is 2. The van der Waals surface area contributed by atoms with E-state index in [0.29, 0.717) is 36.3 Å². The van der Waals surface area contributed by atoms with E-state index >= 15 is 0 Å². The number of ether oxygens (including phenoxy) is 2. The van der Waals surface area contributed by atoms with Crippen LogP contribution in [0, 0.1) is 0 Å². The Balaban J connectivity index is 1.34. The van der Waals surface area contributed by atoms with E-state index in [9.17, 15) is 9.59 Å². The van der Waals surface area contributed by atoms with Gasteiger partial charge in [-0.25, -0.2) is 9.78 Å². The zero-order valence-corrected chi connectivity index (χ0v) is 21.0. The number of nitrogens with one attached hydrogen (secondary N) is 1. The van der Waals surface area contributed by atoms with Crippen LogP contribution >= 0.6 is 11.3 Å². The van der Waals surface area contributed by atoms with Gasteiger partial charge in [0.2, 0.25) is 0 Å². The van der Waals surface area contributed by atoms with E-state index in [2.05, 4.69) is 9.88 Å². The lowest BCUT2D eigenvalue weighted by atomic mass is 10.0. The summed E-state index contributed by atoms with van der Waals surface area (Å²) in [6, 6.07) is 7.60. The number of H-pyrrole nitrogens is 1. The number of methoxy groups -OCH3 is 1. The maximum absolute atomic E-state index is 13.1. The van der Waals surface area contributed by atoms with Crippen molar-refractivity contribution < 1.29 is 19.1 Å². The Bertz CT molecular complexity index is 1140. The summed E-state index contributed by atoms with van der Waals surface area (Å²) in [7, 11) is 1.62. The molecule has 1 aliphatic heterocycles. The van der Waals surface area contributed by atoms with Crippen LogP contribution in [0.2, 0.25) is 0 Å². The van der Waals surface area contributed by atoms with Gasteiger partial charge in [0.05, 0.1) is 12.0 Å². The Hall–Kier alpha value is -2.91. The average Bonchev–Trinajstić information content (AvgIpc) is 3.47. The van der Waals surface area contributed by atoms with Crippen molar-refractivity contribution in [1.82, 2.24) is 19.8 Å². The lowest BCUT2D eigenvalue weighted by Crippen LogP contribution is -2.50. The number of aromatic amines is 1. The number of imidazole rings is 1. The lowest BCUT2D eigenvalue weighted by molar-refractivity contribution is 0.0145.